The zero-order valence-corrected chi connectivity index (χ0v) is 14.7. The lowest BCUT2D eigenvalue weighted by Gasteiger charge is -2.20. The molecule has 0 aliphatic carbocycles. The number of amides is 1. The number of rotatable bonds is 6. The molecule has 0 bridgehead atoms. The Kier molecular flexibility index (Phi) is 6.15. The fourth-order valence-corrected chi connectivity index (χ4v) is 3.16. The van der Waals surface area contributed by atoms with Gasteiger partial charge >= 0.3 is 0 Å². The number of likely N-dealkylation sites (tertiary alicyclic amines) is 1. The second-order valence-electron chi connectivity index (χ2n) is 6.66. The van der Waals surface area contributed by atoms with Crippen molar-refractivity contribution in [3.05, 3.63) is 41.8 Å². The zero-order chi connectivity index (χ0) is 18.4. The lowest BCUT2D eigenvalue weighted by molar-refractivity contribution is -0.131. The van der Waals surface area contributed by atoms with Gasteiger partial charge in [0.1, 0.15) is 11.5 Å². The van der Waals surface area contributed by atoms with Gasteiger partial charge in [-0.25, -0.2) is 4.39 Å². The minimum absolute atomic E-state index is 0.131. The maximum absolute atomic E-state index is 13.0. The number of benzene rings is 1. The van der Waals surface area contributed by atoms with Crippen LogP contribution in [0.4, 0.5) is 4.39 Å². The molecule has 1 amide bonds. The molecule has 5 nitrogen and oxygen atoms in total. The summed E-state index contributed by atoms with van der Waals surface area (Å²) in [6.45, 7) is 1.66. The first-order valence-electron chi connectivity index (χ1n) is 9.17. The Bertz CT molecular complexity index is 747. The summed E-state index contributed by atoms with van der Waals surface area (Å²) in [6.07, 6.45) is 5.65. The normalized spacial score (nSPS) is 14.9. The van der Waals surface area contributed by atoms with Crippen LogP contribution in [0.2, 0.25) is 0 Å². The van der Waals surface area contributed by atoms with E-state index in [9.17, 15) is 14.0 Å². The van der Waals surface area contributed by atoms with E-state index < -0.39 is 0 Å². The molecule has 0 radical (unpaired) electrons. The molecule has 138 valence electrons. The fraction of sp³-hybridized carbons (Fsp3) is 0.450. The highest BCUT2D eigenvalue weighted by Crippen LogP contribution is 2.21. The van der Waals surface area contributed by atoms with Crippen LogP contribution in [0.25, 0.3) is 11.3 Å². The number of aromatic nitrogens is 1. The predicted molar refractivity (Wildman–Crippen MR) is 95.1 cm³/mol. The van der Waals surface area contributed by atoms with E-state index in [4.69, 9.17) is 4.52 Å². The van der Waals surface area contributed by atoms with E-state index in [-0.39, 0.29) is 29.6 Å². The SMILES string of the molecule is O=C(CCCC(=O)N1CCCCCC1)c1cc(-c2ccc(F)cc2)on1. The Morgan fingerprint density at radius 3 is 2.42 bits per heavy atom. The first kappa shape index (κ1) is 18.3. The van der Waals surface area contributed by atoms with Gasteiger partial charge in [-0.2, -0.15) is 0 Å². The quantitative estimate of drug-likeness (QED) is 0.725. The number of halogens is 1. The first-order chi connectivity index (χ1) is 12.6. The van der Waals surface area contributed by atoms with E-state index >= 15 is 0 Å². The van der Waals surface area contributed by atoms with Crippen molar-refractivity contribution in [2.75, 3.05) is 13.1 Å². The van der Waals surface area contributed by atoms with Crippen molar-refractivity contribution < 1.29 is 18.5 Å². The van der Waals surface area contributed by atoms with Gasteiger partial charge in [0.15, 0.2) is 11.5 Å². The van der Waals surface area contributed by atoms with Crippen LogP contribution >= 0.6 is 0 Å². The van der Waals surface area contributed by atoms with Gasteiger partial charge < -0.3 is 9.42 Å². The smallest absolute Gasteiger partial charge is 0.222 e. The van der Waals surface area contributed by atoms with Gasteiger partial charge in [0.2, 0.25) is 5.91 Å². The number of carbonyl (C=O) groups is 2. The molecule has 1 fully saturated rings. The Morgan fingerprint density at radius 1 is 1.04 bits per heavy atom. The van der Waals surface area contributed by atoms with Crippen LogP contribution in [0, 0.1) is 5.82 Å². The van der Waals surface area contributed by atoms with Crippen molar-refractivity contribution in [2.45, 2.75) is 44.9 Å². The number of carbonyl (C=O) groups excluding carboxylic acids is 2. The monoisotopic (exact) mass is 358 g/mol. The molecule has 1 aliphatic rings. The van der Waals surface area contributed by atoms with Gasteiger partial charge in [-0.3, -0.25) is 9.59 Å². The fourth-order valence-electron chi connectivity index (χ4n) is 3.16. The van der Waals surface area contributed by atoms with Crippen molar-refractivity contribution in [1.29, 1.82) is 0 Å². The third-order valence-electron chi connectivity index (χ3n) is 4.68. The van der Waals surface area contributed by atoms with Gasteiger partial charge in [0.25, 0.3) is 0 Å². The molecule has 1 aliphatic heterocycles. The molecule has 1 saturated heterocycles. The average Bonchev–Trinajstić information content (AvgIpc) is 2.97. The van der Waals surface area contributed by atoms with E-state index in [1.165, 1.54) is 25.0 Å². The highest BCUT2D eigenvalue weighted by molar-refractivity contribution is 5.95. The number of ketones is 1. The second kappa shape index (κ2) is 8.74. The van der Waals surface area contributed by atoms with Gasteiger partial charge in [0, 0.05) is 37.6 Å². The molecule has 0 N–H and O–H groups in total. The number of Topliss-reactive ketones (excluding diaryl/α,β-unsaturated/α-hetero) is 1. The van der Waals surface area contributed by atoms with Crippen LogP contribution in [0.5, 0.6) is 0 Å². The van der Waals surface area contributed by atoms with Gasteiger partial charge in [-0.1, -0.05) is 18.0 Å². The summed E-state index contributed by atoms with van der Waals surface area (Å²) in [7, 11) is 0. The minimum atomic E-state index is -0.335. The van der Waals surface area contributed by atoms with E-state index in [1.54, 1.807) is 18.2 Å². The van der Waals surface area contributed by atoms with E-state index in [2.05, 4.69) is 5.16 Å². The van der Waals surface area contributed by atoms with Crippen molar-refractivity contribution in [3.8, 4) is 11.3 Å². The number of hydrogen-bond acceptors (Lipinski definition) is 4. The van der Waals surface area contributed by atoms with Crippen LogP contribution in [0.3, 0.4) is 0 Å². The largest absolute Gasteiger partial charge is 0.356 e. The Balaban J connectivity index is 1.49. The predicted octanol–water partition coefficient (Wildman–Crippen LogP) is 4.24. The van der Waals surface area contributed by atoms with Gasteiger partial charge in [0.05, 0.1) is 0 Å². The van der Waals surface area contributed by atoms with Crippen LogP contribution in [-0.2, 0) is 4.79 Å². The summed E-state index contributed by atoms with van der Waals surface area (Å²) in [5.74, 6) is 0.0743. The minimum Gasteiger partial charge on any atom is -0.356 e. The summed E-state index contributed by atoms with van der Waals surface area (Å²) in [4.78, 5) is 26.4. The molecule has 1 aromatic heterocycles. The molecule has 2 aromatic rings. The molecule has 26 heavy (non-hydrogen) atoms. The van der Waals surface area contributed by atoms with E-state index in [1.807, 2.05) is 4.90 Å². The molecule has 2 heterocycles. The molecular weight excluding hydrogens is 335 g/mol. The summed E-state index contributed by atoms with van der Waals surface area (Å²) < 4.78 is 18.1. The maximum Gasteiger partial charge on any atom is 0.222 e. The summed E-state index contributed by atoms with van der Waals surface area (Å²) in [5, 5.41) is 3.80. The molecule has 0 saturated carbocycles. The Hall–Kier alpha value is -2.50. The summed E-state index contributed by atoms with van der Waals surface area (Å²) in [5.41, 5.74) is 0.904. The zero-order valence-electron chi connectivity index (χ0n) is 14.7. The molecule has 6 heteroatoms. The van der Waals surface area contributed by atoms with Crippen molar-refractivity contribution >= 4 is 11.7 Å². The molecule has 1 aromatic carbocycles. The third kappa shape index (κ3) is 4.77. The molecule has 0 unspecified atom stereocenters. The highest BCUT2D eigenvalue weighted by Gasteiger charge is 2.17. The molecule has 0 spiro atoms. The lowest BCUT2D eigenvalue weighted by atomic mass is 10.1. The van der Waals surface area contributed by atoms with Crippen LogP contribution in [0.1, 0.15) is 55.4 Å². The number of nitrogens with zero attached hydrogens (tertiary/aromatic N) is 2. The van der Waals surface area contributed by atoms with Crippen molar-refractivity contribution in [3.63, 3.8) is 0 Å². The van der Waals surface area contributed by atoms with Gasteiger partial charge in [-0.05, 0) is 43.5 Å². The standard InChI is InChI=1S/C20H23FN2O3/c21-16-10-8-15(9-11-16)19-14-17(22-26-19)18(24)6-5-7-20(25)23-12-3-1-2-4-13-23/h8-11,14H,1-7,12-13H2. The van der Waals surface area contributed by atoms with Gasteiger partial charge in [-0.15, -0.1) is 0 Å². The highest BCUT2D eigenvalue weighted by atomic mass is 19.1. The van der Waals surface area contributed by atoms with Crippen LogP contribution < -0.4 is 0 Å². The average molecular weight is 358 g/mol. The second-order valence-corrected chi connectivity index (χ2v) is 6.66. The third-order valence-corrected chi connectivity index (χ3v) is 4.68. The molecule has 3 rings (SSSR count). The summed E-state index contributed by atoms with van der Waals surface area (Å²) in [6, 6.07) is 7.36. The first-order valence-corrected chi connectivity index (χ1v) is 9.17. The topological polar surface area (TPSA) is 63.4 Å². The maximum atomic E-state index is 13.0. The molecule has 0 atom stereocenters. The summed E-state index contributed by atoms with van der Waals surface area (Å²) >= 11 is 0. The Labute approximate surface area is 152 Å². The molecular formula is C20H23FN2O3. The lowest BCUT2D eigenvalue weighted by Crippen LogP contribution is -2.31. The van der Waals surface area contributed by atoms with E-state index in [0.717, 1.165) is 25.9 Å². The number of hydrogen-bond donors (Lipinski definition) is 0. The van der Waals surface area contributed by atoms with Crippen molar-refractivity contribution in [1.82, 2.24) is 10.1 Å². The van der Waals surface area contributed by atoms with E-state index in [0.29, 0.717) is 24.2 Å². The van der Waals surface area contributed by atoms with Crippen molar-refractivity contribution in [2.24, 2.45) is 0 Å². The van der Waals surface area contributed by atoms with Crippen LogP contribution in [0.15, 0.2) is 34.9 Å². The van der Waals surface area contributed by atoms with Crippen LogP contribution in [-0.4, -0.2) is 34.8 Å². The Morgan fingerprint density at radius 2 is 1.73 bits per heavy atom.